The molecule has 0 saturated heterocycles. The zero-order valence-electron chi connectivity index (χ0n) is 14.0. The van der Waals surface area contributed by atoms with E-state index in [1.165, 1.54) is 25.0 Å². The van der Waals surface area contributed by atoms with Gasteiger partial charge in [-0.15, -0.1) is 0 Å². The van der Waals surface area contributed by atoms with Crippen molar-refractivity contribution in [2.45, 2.75) is 58.4 Å². The Bertz CT molecular complexity index is 488. The van der Waals surface area contributed by atoms with E-state index in [-0.39, 0.29) is 17.6 Å². The van der Waals surface area contributed by atoms with E-state index in [4.69, 9.17) is 0 Å². The summed E-state index contributed by atoms with van der Waals surface area (Å²) in [6.07, 6.45) is 5.79. The molecule has 1 aromatic rings. The van der Waals surface area contributed by atoms with Crippen LogP contribution in [0.3, 0.4) is 0 Å². The number of rotatable bonds is 11. The van der Waals surface area contributed by atoms with E-state index in [0.717, 1.165) is 24.9 Å². The Hall–Kier alpha value is -2.11. The Balaban J connectivity index is 2.16. The highest BCUT2D eigenvalue weighted by atomic mass is 16.6. The summed E-state index contributed by atoms with van der Waals surface area (Å²) in [4.78, 5) is 21.9. The number of anilines is 1. The number of amides is 1. The molecule has 1 aromatic carbocycles. The van der Waals surface area contributed by atoms with Gasteiger partial charge in [0, 0.05) is 36.8 Å². The van der Waals surface area contributed by atoms with Gasteiger partial charge in [-0.05, 0) is 31.9 Å². The number of nitro benzene ring substituents is 1. The smallest absolute Gasteiger partial charge is 0.269 e. The molecule has 1 rings (SSSR count). The van der Waals surface area contributed by atoms with Gasteiger partial charge < -0.3 is 10.6 Å². The molecule has 0 aromatic heterocycles. The maximum absolute atomic E-state index is 11.8. The quantitative estimate of drug-likeness (QED) is 0.368. The predicted molar refractivity (Wildman–Crippen MR) is 92.6 cm³/mol. The zero-order valence-corrected chi connectivity index (χ0v) is 14.0. The van der Waals surface area contributed by atoms with Crippen LogP contribution in [0.25, 0.3) is 0 Å². The molecule has 0 fully saturated rings. The average molecular weight is 321 g/mol. The summed E-state index contributed by atoms with van der Waals surface area (Å²) < 4.78 is 0. The number of unbranched alkanes of at least 4 members (excludes halogenated alkanes) is 2. The van der Waals surface area contributed by atoms with Crippen LogP contribution in [0.2, 0.25) is 0 Å². The van der Waals surface area contributed by atoms with Gasteiger partial charge in [0.05, 0.1) is 4.92 Å². The van der Waals surface area contributed by atoms with Crippen molar-refractivity contribution >= 4 is 17.3 Å². The maximum atomic E-state index is 11.8. The van der Waals surface area contributed by atoms with Crippen LogP contribution in [-0.4, -0.2) is 23.4 Å². The summed E-state index contributed by atoms with van der Waals surface area (Å²) >= 11 is 0. The lowest BCUT2D eigenvalue weighted by molar-refractivity contribution is -0.384. The molecule has 0 spiro atoms. The minimum absolute atomic E-state index is 0.0759. The molecule has 6 nitrogen and oxygen atoms in total. The van der Waals surface area contributed by atoms with Gasteiger partial charge in [-0.3, -0.25) is 14.9 Å². The van der Waals surface area contributed by atoms with Crippen molar-refractivity contribution in [1.29, 1.82) is 0 Å². The third-order valence-corrected chi connectivity index (χ3v) is 3.64. The molecule has 23 heavy (non-hydrogen) atoms. The van der Waals surface area contributed by atoms with Crippen molar-refractivity contribution in [3.05, 3.63) is 34.4 Å². The third kappa shape index (κ3) is 8.18. The first-order valence-electron chi connectivity index (χ1n) is 8.30. The van der Waals surface area contributed by atoms with Crippen molar-refractivity contribution in [3.8, 4) is 0 Å². The fourth-order valence-electron chi connectivity index (χ4n) is 2.30. The lowest BCUT2D eigenvalue weighted by Gasteiger charge is -2.13. The molecule has 2 N–H and O–H groups in total. The largest absolute Gasteiger partial charge is 0.385 e. The summed E-state index contributed by atoms with van der Waals surface area (Å²) in [5.74, 6) is 0.0829. The maximum Gasteiger partial charge on any atom is 0.269 e. The highest BCUT2D eigenvalue weighted by Gasteiger charge is 2.07. The summed E-state index contributed by atoms with van der Waals surface area (Å²) in [5.41, 5.74) is 0.899. The second kappa shape index (κ2) is 10.6. The molecule has 0 aliphatic carbocycles. The molecular weight excluding hydrogens is 294 g/mol. The van der Waals surface area contributed by atoms with Crippen molar-refractivity contribution in [1.82, 2.24) is 5.32 Å². The molecule has 0 aliphatic rings. The SMILES string of the molecule is CCCCCC(C)NC(=O)CCCNc1ccc([N+](=O)[O-])cc1. The first-order valence-corrected chi connectivity index (χ1v) is 8.30. The van der Waals surface area contributed by atoms with Crippen molar-refractivity contribution in [2.75, 3.05) is 11.9 Å². The molecule has 128 valence electrons. The van der Waals surface area contributed by atoms with Crippen LogP contribution in [0, 0.1) is 10.1 Å². The van der Waals surface area contributed by atoms with Crippen LogP contribution in [0.4, 0.5) is 11.4 Å². The molecule has 1 amide bonds. The lowest BCUT2D eigenvalue weighted by Crippen LogP contribution is -2.32. The monoisotopic (exact) mass is 321 g/mol. The van der Waals surface area contributed by atoms with Crippen molar-refractivity contribution in [2.24, 2.45) is 0 Å². The van der Waals surface area contributed by atoms with Gasteiger partial charge in [0.2, 0.25) is 5.91 Å². The molecule has 6 heteroatoms. The second-order valence-corrected chi connectivity index (χ2v) is 5.80. The topological polar surface area (TPSA) is 84.3 Å². The number of carbonyl (C=O) groups is 1. The minimum Gasteiger partial charge on any atom is -0.385 e. The Labute approximate surface area is 137 Å². The highest BCUT2D eigenvalue weighted by molar-refractivity contribution is 5.76. The van der Waals surface area contributed by atoms with Crippen molar-refractivity contribution < 1.29 is 9.72 Å². The molecule has 0 heterocycles. The molecule has 0 bridgehead atoms. The number of hydrogen-bond acceptors (Lipinski definition) is 4. The third-order valence-electron chi connectivity index (χ3n) is 3.64. The van der Waals surface area contributed by atoms with Crippen LogP contribution < -0.4 is 10.6 Å². The summed E-state index contributed by atoms with van der Waals surface area (Å²) in [6, 6.07) is 6.51. The van der Waals surface area contributed by atoms with E-state index in [1.54, 1.807) is 12.1 Å². The molecule has 0 radical (unpaired) electrons. The van der Waals surface area contributed by atoms with E-state index in [9.17, 15) is 14.9 Å². The Morgan fingerprint density at radius 2 is 1.91 bits per heavy atom. The van der Waals surface area contributed by atoms with Crippen LogP contribution in [0.15, 0.2) is 24.3 Å². The standard InChI is InChI=1S/C17H27N3O3/c1-3-4-5-7-14(2)19-17(21)8-6-13-18-15-9-11-16(12-10-15)20(22)23/h9-12,14,18H,3-8,13H2,1-2H3,(H,19,21). The fourth-order valence-corrected chi connectivity index (χ4v) is 2.30. The van der Waals surface area contributed by atoms with Gasteiger partial charge in [-0.2, -0.15) is 0 Å². The number of nitrogens with one attached hydrogen (secondary N) is 2. The molecule has 1 atom stereocenters. The molecular formula is C17H27N3O3. The Kier molecular flexibility index (Phi) is 8.72. The van der Waals surface area contributed by atoms with Crippen molar-refractivity contribution in [3.63, 3.8) is 0 Å². The average Bonchev–Trinajstić information content (AvgIpc) is 2.52. The Morgan fingerprint density at radius 1 is 1.22 bits per heavy atom. The predicted octanol–water partition coefficient (Wildman–Crippen LogP) is 3.87. The fraction of sp³-hybridized carbons (Fsp3) is 0.588. The number of carbonyl (C=O) groups excluding carboxylic acids is 1. The number of benzene rings is 1. The molecule has 0 aliphatic heterocycles. The zero-order chi connectivity index (χ0) is 17.1. The molecule has 0 saturated carbocycles. The van der Waals surface area contributed by atoms with E-state index < -0.39 is 4.92 Å². The van der Waals surface area contributed by atoms with E-state index in [1.807, 2.05) is 6.92 Å². The van der Waals surface area contributed by atoms with Gasteiger partial charge in [0.25, 0.3) is 5.69 Å². The van der Waals surface area contributed by atoms with Gasteiger partial charge >= 0.3 is 0 Å². The Morgan fingerprint density at radius 3 is 2.52 bits per heavy atom. The van der Waals surface area contributed by atoms with Gasteiger partial charge in [0.15, 0.2) is 0 Å². The number of hydrogen-bond donors (Lipinski definition) is 2. The van der Waals surface area contributed by atoms with E-state index >= 15 is 0 Å². The minimum atomic E-state index is -0.421. The number of nitro groups is 1. The first-order chi connectivity index (χ1) is 11.0. The van der Waals surface area contributed by atoms with E-state index in [2.05, 4.69) is 17.6 Å². The number of non-ortho nitro benzene ring substituents is 1. The van der Waals surface area contributed by atoms with Crippen LogP contribution in [0.5, 0.6) is 0 Å². The van der Waals surface area contributed by atoms with E-state index in [0.29, 0.717) is 13.0 Å². The summed E-state index contributed by atoms with van der Waals surface area (Å²) in [6.45, 7) is 4.87. The molecule has 1 unspecified atom stereocenters. The number of nitrogens with zero attached hydrogens (tertiary/aromatic N) is 1. The van der Waals surface area contributed by atoms with Gasteiger partial charge in [-0.25, -0.2) is 0 Å². The lowest BCUT2D eigenvalue weighted by atomic mass is 10.1. The van der Waals surface area contributed by atoms with Gasteiger partial charge in [0.1, 0.15) is 0 Å². The highest BCUT2D eigenvalue weighted by Crippen LogP contribution is 2.15. The normalized spacial score (nSPS) is 11.7. The second-order valence-electron chi connectivity index (χ2n) is 5.80. The van der Waals surface area contributed by atoms with Crippen LogP contribution in [-0.2, 0) is 4.79 Å². The van der Waals surface area contributed by atoms with Crippen LogP contribution >= 0.6 is 0 Å². The summed E-state index contributed by atoms with van der Waals surface area (Å²) in [7, 11) is 0. The first kappa shape index (κ1) is 18.9. The summed E-state index contributed by atoms with van der Waals surface area (Å²) in [5, 5.41) is 16.7. The van der Waals surface area contributed by atoms with Crippen LogP contribution in [0.1, 0.15) is 52.4 Å². The van der Waals surface area contributed by atoms with Gasteiger partial charge in [-0.1, -0.05) is 26.2 Å².